The van der Waals surface area contributed by atoms with Crippen LogP contribution in [-0.4, -0.2) is 35.0 Å². The van der Waals surface area contributed by atoms with Crippen molar-refractivity contribution in [1.82, 2.24) is 0 Å². The van der Waals surface area contributed by atoms with Crippen LogP contribution in [0, 0.1) is 5.92 Å². The Morgan fingerprint density at radius 3 is 2.75 bits per heavy atom. The average molecular weight is 217 g/mol. The molecule has 0 aliphatic heterocycles. The molecule has 2 N–H and O–H groups in total. The second-order valence-corrected chi connectivity index (χ2v) is 3.77. The van der Waals surface area contributed by atoms with Crippen molar-refractivity contribution < 1.29 is 23.5 Å². The SMILES string of the molecule is O=[P+](O)OCSCC(CO)CF. The molecule has 72 valence electrons. The van der Waals surface area contributed by atoms with Gasteiger partial charge in [-0.25, -0.2) is 0 Å². The van der Waals surface area contributed by atoms with E-state index >= 15 is 0 Å². The number of halogens is 1. The molecule has 0 saturated carbocycles. The molecule has 0 fully saturated rings. The molecule has 0 radical (unpaired) electrons. The number of rotatable bonds is 7. The molecule has 7 heteroatoms. The number of hydrogen-bond donors (Lipinski definition) is 2. The Hall–Kier alpha value is 0.260. The van der Waals surface area contributed by atoms with E-state index in [0.717, 1.165) is 0 Å². The Morgan fingerprint density at radius 1 is 1.67 bits per heavy atom. The van der Waals surface area contributed by atoms with Crippen molar-refractivity contribution in [2.45, 2.75) is 0 Å². The van der Waals surface area contributed by atoms with Crippen LogP contribution in [0.1, 0.15) is 0 Å². The first kappa shape index (κ1) is 12.3. The number of aliphatic hydroxyl groups is 1. The van der Waals surface area contributed by atoms with Crippen LogP contribution in [0.25, 0.3) is 0 Å². The molecule has 0 rings (SSSR count). The van der Waals surface area contributed by atoms with Crippen LogP contribution in [0.2, 0.25) is 0 Å². The number of aliphatic hydroxyl groups excluding tert-OH is 1. The average Bonchev–Trinajstić information content (AvgIpc) is 2.04. The van der Waals surface area contributed by atoms with Crippen molar-refractivity contribution in [1.29, 1.82) is 0 Å². The summed E-state index contributed by atoms with van der Waals surface area (Å²) in [6.45, 7) is -0.802. The van der Waals surface area contributed by atoms with Gasteiger partial charge in [-0.1, -0.05) is 0 Å². The van der Waals surface area contributed by atoms with Gasteiger partial charge in [0.05, 0.1) is 6.67 Å². The summed E-state index contributed by atoms with van der Waals surface area (Å²) < 4.78 is 26.2. The van der Waals surface area contributed by atoms with Crippen molar-refractivity contribution in [3.8, 4) is 0 Å². The number of hydrogen-bond acceptors (Lipinski definition) is 4. The first-order valence-corrected chi connectivity index (χ1v) is 5.52. The lowest BCUT2D eigenvalue weighted by Crippen LogP contribution is -2.11. The zero-order valence-corrected chi connectivity index (χ0v) is 8.06. The van der Waals surface area contributed by atoms with Crippen LogP contribution < -0.4 is 0 Å². The van der Waals surface area contributed by atoms with Crippen molar-refractivity contribution in [2.24, 2.45) is 5.92 Å². The summed E-state index contributed by atoms with van der Waals surface area (Å²) in [6, 6.07) is 0. The summed E-state index contributed by atoms with van der Waals surface area (Å²) in [5.41, 5.74) is 0. The summed E-state index contributed by atoms with van der Waals surface area (Å²) in [7, 11) is -2.57. The Morgan fingerprint density at radius 2 is 2.33 bits per heavy atom. The van der Waals surface area contributed by atoms with Gasteiger partial charge in [-0.2, -0.15) is 0 Å². The first-order chi connectivity index (χ1) is 5.70. The zero-order valence-electron chi connectivity index (χ0n) is 6.35. The first-order valence-electron chi connectivity index (χ1n) is 3.24. The van der Waals surface area contributed by atoms with E-state index in [1.54, 1.807) is 0 Å². The minimum absolute atomic E-state index is 0.0439. The van der Waals surface area contributed by atoms with Crippen LogP contribution in [-0.2, 0) is 9.09 Å². The second kappa shape index (κ2) is 7.89. The summed E-state index contributed by atoms with van der Waals surface area (Å²) >= 11 is 1.17. The van der Waals surface area contributed by atoms with Gasteiger partial charge in [0.15, 0.2) is 5.94 Å². The molecule has 0 aromatic heterocycles. The normalized spacial score (nSPS) is 14.4. The third kappa shape index (κ3) is 6.94. The van der Waals surface area contributed by atoms with E-state index in [2.05, 4.69) is 4.52 Å². The molecule has 0 bridgehead atoms. The minimum atomic E-state index is -2.57. The summed E-state index contributed by atoms with van der Waals surface area (Å²) in [5, 5.41) is 8.53. The molecule has 0 heterocycles. The highest BCUT2D eigenvalue weighted by Gasteiger charge is 2.12. The molecule has 0 spiro atoms. The van der Waals surface area contributed by atoms with Crippen molar-refractivity contribution in [2.75, 3.05) is 25.0 Å². The second-order valence-electron chi connectivity index (χ2n) is 2.06. The highest BCUT2D eigenvalue weighted by Crippen LogP contribution is 2.19. The smallest absolute Gasteiger partial charge is 0.396 e. The van der Waals surface area contributed by atoms with E-state index < -0.39 is 20.8 Å². The van der Waals surface area contributed by atoms with Crippen LogP contribution in [0.4, 0.5) is 4.39 Å². The molecule has 0 aliphatic carbocycles. The van der Waals surface area contributed by atoms with E-state index in [4.69, 9.17) is 10.00 Å². The van der Waals surface area contributed by atoms with Gasteiger partial charge in [-0.15, -0.1) is 21.2 Å². The molecule has 0 aromatic carbocycles. The molecule has 0 amide bonds. The molecule has 12 heavy (non-hydrogen) atoms. The van der Waals surface area contributed by atoms with Gasteiger partial charge in [0, 0.05) is 22.8 Å². The lowest BCUT2D eigenvalue weighted by molar-refractivity contribution is 0.212. The van der Waals surface area contributed by atoms with Gasteiger partial charge in [-0.05, 0) is 0 Å². The van der Waals surface area contributed by atoms with E-state index in [9.17, 15) is 8.96 Å². The molecule has 2 atom stereocenters. The number of thioether (sulfide) groups is 1. The highest BCUT2D eigenvalue weighted by molar-refractivity contribution is 7.99. The molecule has 0 aromatic rings. The van der Waals surface area contributed by atoms with Crippen LogP contribution in [0.15, 0.2) is 0 Å². The zero-order chi connectivity index (χ0) is 9.40. The predicted molar refractivity (Wildman–Crippen MR) is 44.8 cm³/mol. The lowest BCUT2D eigenvalue weighted by atomic mass is 10.2. The van der Waals surface area contributed by atoms with Crippen molar-refractivity contribution >= 4 is 20.0 Å². The topological polar surface area (TPSA) is 66.8 Å². The Bertz CT molecular complexity index is 133. The van der Waals surface area contributed by atoms with Gasteiger partial charge < -0.3 is 5.11 Å². The molecule has 0 saturated heterocycles. The van der Waals surface area contributed by atoms with Gasteiger partial charge in [0.25, 0.3) is 0 Å². The van der Waals surface area contributed by atoms with Crippen molar-refractivity contribution in [3.05, 3.63) is 0 Å². The molecule has 0 aliphatic rings. The monoisotopic (exact) mass is 217 g/mol. The van der Waals surface area contributed by atoms with E-state index in [1.165, 1.54) is 11.8 Å². The predicted octanol–water partition coefficient (Wildman–Crippen LogP) is 0.921. The van der Waals surface area contributed by atoms with E-state index in [-0.39, 0.29) is 12.5 Å². The largest absolute Gasteiger partial charge is 0.695 e. The standard InChI is InChI=1S/C5H10FO4PS/c6-1-5(2-7)3-12-4-10-11(8)9/h5,7H,1-4H2/p+1. The third-order valence-electron chi connectivity index (χ3n) is 1.08. The highest BCUT2D eigenvalue weighted by atomic mass is 32.2. The Kier molecular flexibility index (Phi) is 8.06. The Balaban J connectivity index is 3.23. The van der Waals surface area contributed by atoms with Crippen LogP contribution >= 0.6 is 20.0 Å². The maximum Gasteiger partial charge on any atom is 0.695 e. The molecular formula is C5H11FO4PS+. The van der Waals surface area contributed by atoms with E-state index in [1.807, 2.05) is 0 Å². The summed E-state index contributed by atoms with van der Waals surface area (Å²) in [4.78, 5) is 8.18. The minimum Gasteiger partial charge on any atom is -0.396 e. The fourth-order valence-corrected chi connectivity index (χ4v) is 1.73. The molecule has 2 unspecified atom stereocenters. The maximum absolute atomic E-state index is 11.9. The lowest BCUT2D eigenvalue weighted by Gasteiger charge is -2.06. The number of alkyl halides is 1. The maximum atomic E-state index is 11.9. The molecular weight excluding hydrogens is 206 g/mol. The summed E-state index contributed by atoms with van der Waals surface area (Å²) in [6.07, 6.45) is 0. The third-order valence-corrected chi connectivity index (χ3v) is 2.59. The fraction of sp³-hybridized carbons (Fsp3) is 1.00. The van der Waals surface area contributed by atoms with Gasteiger partial charge in [0.2, 0.25) is 0 Å². The Labute approximate surface area is 75.1 Å². The van der Waals surface area contributed by atoms with Crippen LogP contribution in [0.5, 0.6) is 0 Å². The fourth-order valence-electron chi connectivity index (χ4n) is 0.443. The summed E-state index contributed by atoms with van der Waals surface area (Å²) in [5.74, 6) is 0.0217. The quantitative estimate of drug-likeness (QED) is 0.377. The van der Waals surface area contributed by atoms with Gasteiger partial charge in [-0.3, -0.25) is 4.39 Å². The van der Waals surface area contributed by atoms with Crippen LogP contribution in [0.3, 0.4) is 0 Å². The van der Waals surface area contributed by atoms with Gasteiger partial charge >= 0.3 is 8.25 Å². The van der Waals surface area contributed by atoms with E-state index in [0.29, 0.717) is 5.75 Å². The molecule has 4 nitrogen and oxygen atoms in total. The van der Waals surface area contributed by atoms with Gasteiger partial charge in [0.1, 0.15) is 0 Å². The van der Waals surface area contributed by atoms with Crippen molar-refractivity contribution in [3.63, 3.8) is 0 Å².